The first-order chi connectivity index (χ1) is 16.1. The van der Waals surface area contributed by atoms with Crippen molar-refractivity contribution in [3.8, 4) is 0 Å². The molecule has 0 radical (unpaired) electrons. The summed E-state index contributed by atoms with van der Waals surface area (Å²) in [5.41, 5.74) is 1.38. The fraction of sp³-hybridized carbons (Fsp3) is 0.111. The van der Waals surface area contributed by atoms with E-state index in [-0.39, 0.29) is 5.91 Å². The Morgan fingerprint density at radius 2 is 1.27 bits per heavy atom. The summed E-state index contributed by atoms with van der Waals surface area (Å²) in [4.78, 5) is 26.3. The number of esters is 1. The van der Waals surface area contributed by atoms with Crippen LogP contribution in [-0.4, -0.2) is 25.1 Å². The number of thiophene rings is 1. The molecule has 4 nitrogen and oxygen atoms in total. The van der Waals surface area contributed by atoms with E-state index in [1.54, 1.807) is 0 Å². The Labute approximate surface area is 198 Å². The predicted molar refractivity (Wildman–Crippen MR) is 140 cm³/mol. The molecular formula is C27H26NO3PS. The fourth-order valence-electron chi connectivity index (χ4n) is 4.24. The molecule has 0 fully saturated rings. The summed E-state index contributed by atoms with van der Waals surface area (Å²) < 4.78 is 4.91. The van der Waals surface area contributed by atoms with Gasteiger partial charge < -0.3 is 0 Å². The standard InChI is InChI=1S/C27H26NO3PS/c1-20-19-33-26(27(30)31-2)25(20)28-24(29)18-32(21-12-6-3-7-13-21,22-14-8-4-9-15-22)23-16-10-5-11-17-23/h3-17,19,32H,18H2,1-2H3,(H,28,29). The van der Waals surface area contributed by atoms with Crippen molar-refractivity contribution in [2.75, 3.05) is 18.6 Å². The van der Waals surface area contributed by atoms with Crippen molar-refractivity contribution in [3.05, 3.63) is 107 Å². The molecule has 0 saturated heterocycles. The maximum atomic E-state index is 13.6. The summed E-state index contributed by atoms with van der Waals surface area (Å²) >= 11 is 1.28. The van der Waals surface area contributed by atoms with Gasteiger partial charge in [-0.1, -0.05) is 0 Å². The normalized spacial score (nSPS) is 11.6. The van der Waals surface area contributed by atoms with Gasteiger partial charge in [-0.25, -0.2) is 0 Å². The van der Waals surface area contributed by atoms with E-state index in [1.165, 1.54) is 18.4 Å². The molecule has 168 valence electrons. The molecule has 0 aliphatic rings. The first-order valence-electron chi connectivity index (χ1n) is 10.7. The number of hydrogen-bond donors (Lipinski definition) is 1. The molecule has 4 aromatic rings. The summed E-state index contributed by atoms with van der Waals surface area (Å²) in [7, 11) is -1.37. The molecule has 0 bridgehead atoms. The van der Waals surface area contributed by atoms with Crippen LogP contribution < -0.4 is 21.2 Å². The molecular weight excluding hydrogens is 449 g/mol. The van der Waals surface area contributed by atoms with Crippen LogP contribution in [0.25, 0.3) is 0 Å². The molecule has 1 N–H and O–H groups in total. The van der Waals surface area contributed by atoms with Gasteiger partial charge in [0.25, 0.3) is 0 Å². The zero-order chi connectivity index (χ0) is 23.3. The van der Waals surface area contributed by atoms with Crippen LogP contribution in [-0.2, 0) is 9.53 Å². The first kappa shape index (κ1) is 22.9. The van der Waals surface area contributed by atoms with Crippen LogP contribution in [0, 0.1) is 6.92 Å². The zero-order valence-electron chi connectivity index (χ0n) is 18.6. The molecule has 4 rings (SSSR count). The summed E-state index contributed by atoms with van der Waals surface area (Å²) in [6.45, 7) is 1.88. The number of amides is 1. The van der Waals surface area contributed by atoms with Gasteiger partial charge in [0, 0.05) is 0 Å². The molecule has 33 heavy (non-hydrogen) atoms. The SMILES string of the molecule is COC(=O)c1scc(C)c1NC(=O)C[PH](c1ccccc1)(c1ccccc1)c1ccccc1. The summed E-state index contributed by atoms with van der Waals surface area (Å²) in [6, 6.07) is 30.9. The topological polar surface area (TPSA) is 55.4 Å². The van der Waals surface area contributed by atoms with Crippen molar-refractivity contribution in [1.29, 1.82) is 0 Å². The van der Waals surface area contributed by atoms with Gasteiger partial charge in [0.15, 0.2) is 0 Å². The molecule has 0 saturated carbocycles. The summed E-state index contributed by atoms with van der Waals surface area (Å²) in [6.07, 6.45) is 0.306. The number of methoxy groups -OCH3 is 1. The fourth-order valence-corrected chi connectivity index (χ4v) is 9.63. The van der Waals surface area contributed by atoms with Crippen molar-refractivity contribution < 1.29 is 14.3 Å². The molecule has 6 heteroatoms. The Hall–Kier alpha value is -3.27. The Kier molecular flexibility index (Phi) is 7.02. The second kappa shape index (κ2) is 10.1. The van der Waals surface area contributed by atoms with Gasteiger partial charge in [0.1, 0.15) is 0 Å². The van der Waals surface area contributed by atoms with Gasteiger partial charge >= 0.3 is 199 Å². The molecule has 1 heterocycles. The maximum absolute atomic E-state index is 13.6. The average Bonchev–Trinajstić information content (AvgIpc) is 3.23. The van der Waals surface area contributed by atoms with Gasteiger partial charge in [-0.2, -0.15) is 0 Å². The molecule has 0 spiro atoms. The van der Waals surface area contributed by atoms with Crippen LogP contribution in [0.3, 0.4) is 0 Å². The number of hydrogen-bond acceptors (Lipinski definition) is 4. The van der Waals surface area contributed by atoms with Gasteiger partial charge in [-0.3, -0.25) is 0 Å². The van der Waals surface area contributed by atoms with E-state index in [1.807, 2.05) is 66.9 Å². The van der Waals surface area contributed by atoms with Crippen LogP contribution in [0.1, 0.15) is 15.2 Å². The number of ether oxygens (including phenoxy) is 1. The third-order valence-corrected chi connectivity index (χ3v) is 11.7. The number of anilines is 1. The van der Waals surface area contributed by atoms with E-state index in [0.717, 1.165) is 21.5 Å². The van der Waals surface area contributed by atoms with Crippen molar-refractivity contribution in [2.45, 2.75) is 6.92 Å². The molecule has 1 aromatic heterocycles. The van der Waals surface area contributed by atoms with Crippen molar-refractivity contribution in [1.82, 2.24) is 0 Å². The number of nitrogens with one attached hydrogen (secondary N) is 1. The Balaban J connectivity index is 1.82. The van der Waals surface area contributed by atoms with Gasteiger partial charge in [-0.15, -0.1) is 0 Å². The number of carbonyl (C=O) groups is 2. The molecule has 0 unspecified atom stereocenters. The summed E-state index contributed by atoms with van der Waals surface area (Å²) in [5, 5.41) is 8.38. The van der Waals surface area contributed by atoms with Crippen molar-refractivity contribution in [3.63, 3.8) is 0 Å². The van der Waals surface area contributed by atoms with Gasteiger partial charge in [0.2, 0.25) is 0 Å². The Morgan fingerprint density at radius 3 is 1.70 bits per heavy atom. The van der Waals surface area contributed by atoms with E-state index in [2.05, 4.69) is 41.7 Å². The van der Waals surface area contributed by atoms with Crippen LogP contribution >= 0.6 is 18.6 Å². The molecule has 1 amide bonds. The van der Waals surface area contributed by atoms with Gasteiger partial charge in [-0.05, 0) is 0 Å². The van der Waals surface area contributed by atoms with Crippen LogP contribution in [0.4, 0.5) is 5.69 Å². The zero-order valence-corrected chi connectivity index (χ0v) is 20.4. The minimum absolute atomic E-state index is 0.120. The second-order valence-corrected chi connectivity index (χ2v) is 12.6. The van der Waals surface area contributed by atoms with E-state index in [4.69, 9.17) is 4.74 Å². The second-order valence-electron chi connectivity index (χ2n) is 7.84. The summed E-state index contributed by atoms with van der Waals surface area (Å²) in [5.74, 6) is -0.564. The third kappa shape index (κ3) is 4.61. The Morgan fingerprint density at radius 1 is 0.818 bits per heavy atom. The number of benzene rings is 3. The number of carbonyl (C=O) groups excluding carboxylic acids is 2. The van der Waals surface area contributed by atoms with Crippen LogP contribution in [0.5, 0.6) is 0 Å². The first-order valence-corrected chi connectivity index (χ1v) is 13.8. The number of aryl methyl sites for hydroxylation is 1. The molecule has 0 aliphatic carbocycles. The monoisotopic (exact) mass is 475 g/mol. The molecule has 0 aliphatic heterocycles. The van der Waals surface area contributed by atoms with E-state index in [9.17, 15) is 9.59 Å². The number of rotatable bonds is 7. The quantitative estimate of drug-likeness (QED) is 0.316. The van der Waals surface area contributed by atoms with E-state index < -0.39 is 13.2 Å². The van der Waals surface area contributed by atoms with E-state index in [0.29, 0.717) is 16.7 Å². The average molecular weight is 476 g/mol. The van der Waals surface area contributed by atoms with E-state index >= 15 is 0 Å². The van der Waals surface area contributed by atoms with Crippen molar-refractivity contribution in [2.24, 2.45) is 0 Å². The van der Waals surface area contributed by atoms with Crippen LogP contribution in [0.2, 0.25) is 0 Å². The van der Waals surface area contributed by atoms with Gasteiger partial charge in [0.05, 0.1) is 0 Å². The Bertz CT molecular complexity index is 1140. The van der Waals surface area contributed by atoms with Crippen molar-refractivity contribution >= 4 is 52.1 Å². The third-order valence-electron chi connectivity index (χ3n) is 5.84. The molecule has 3 aromatic carbocycles. The predicted octanol–water partition coefficient (Wildman–Crippen LogP) is 4.51. The minimum atomic E-state index is -2.72. The van der Waals surface area contributed by atoms with Crippen LogP contribution in [0.15, 0.2) is 96.4 Å². The molecule has 0 atom stereocenters.